The molecule has 2 atom stereocenters. The summed E-state index contributed by atoms with van der Waals surface area (Å²) in [4.78, 5) is 18.7. The molecule has 0 aliphatic carbocycles. The van der Waals surface area contributed by atoms with Crippen LogP contribution in [0.25, 0.3) is 5.65 Å². The number of carbonyl (C=O) groups excluding carboxylic acids is 1. The number of nitrogens with one attached hydrogen (secondary N) is 1. The van der Waals surface area contributed by atoms with Crippen molar-refractivity contribution in [1.82, 2.24) is 19.9 Å². The summed E-state index contributed by atoms with van der Waals surface area (Å²) < 4.78 is 29.4. The Morgan fingerprint density at radius 1 is 1.36 bits per heavy atom. The molecule has 2 aromatic heterocycles. The summed E-state index contributed by atoms with van der Waals surface area (Å²) in [6.07, 6.45) is 2.30. The fourth-order valence-electron chi connectivity index (χ4n) is 3.53. The first-order valence-electron chi connectivity index (χ1n) is 9.05. The van der Waals surface area contributed by atoms with Gasteiger partial charge in [0.05, 0.1) is 18.8 Å². The number of benzene rings is 1. The molecule has 3 heterocycles. The van der Waals surface area contributed by atoms with Crippen LogP contribution in [0.15, 0.2) is 42.7 Å². The second-order valence-corrected chi connectivity index (χ2v) is 6.71. The fourth-order valence-corrected chi connectivity index (χ4v) is 3.53. The summed E-state index contributed by atoms with van der Waals surface area (Å²) >= 11 is 0. The molecule has 3 N–H and O–H groups in total. The van der Waals surface area contributed by atoms with Gasteiger partial charge in [-0.05, 0) is 23.8 Å². The number of amides is 1. The number of fused-ring (bicyclic) bond motifs is 1. The Morgan fingerprint density at radius 2 is 2.21 bits per heavy atom. The molecule has 1 saturated heterocycles. The highest BCUT2D eigenvalue weighted by atomic mass is 19.1. The standard InChI is InChI=1S/C19H20F2N6O/c20-13-3-1-2-12(8-13)16-9-14(21)11-26(16)17-4-7-27-18(25-17)15(10-24-27)19(28)23-6-5-22/h1-4,7-8,10,14,16H,5-6,9,11,22H2,(H,23,28)/t14-,16+/m0/s1. The van der Waals surface area contributed by atoms with Crippen molar-refractivity contribution < 1.29 is 13.6 Å². The lowest BCUT2D eigenvalue weighted by molar-refractivity contribution is 0.0956. The molecule has 146 valence electrons. The lowest BCUT2D eigenvalue weighted by atomic mass is 10.0. The molecule has 1 aromatic carbocycles. The molecule has 0 radical (unpaired) electrons. The maximum absolute atomic E-state index is 14.2. The van der Waals surface area contributed by atoms with Crippen LogP contribution in [0, 0.1) is 5.82 Å². The molecule has 7 nitrogen and oxygen atoms in total. The van der Waals surface area contributed by atoms with Crippen LogP contribution in [-0.4, -0.2) is 46.3 Å². The highest BCUT2D eigenvalue weighted by molar-refractivity contribution is 5.99. The largest absolute Gasteiger partial charge is 0.351 e. The van der Waals surface area contributed by atoms with Crippen LogP contribution in [0.1, 0.15) is 28.4 Å². The Morgan fingerprint density at radius 3 is 3.00 bits per heavy atom. The molecule has 0 spiro atoms. The van der Waals surface area contributed by atoms with E-state index in [1.807, 2.05) is 0 Å². The second-order valence-electron chi connectivity index (χ2n) is 6.71. The van der Waals surface area contributed by atoms with Gasteiger partial charge in [0.15, 0.2) is 5.65 Å². The van der Waals surface area contributed by atoms with Gasteiger partial charge in [-0.3, -0.25) is 4.79 Å². The zero-order chi connectivity index (χ0) is 19.7. The summed E-state index contributed by atoms with van der Waals surface area (Å²) in [7, 11) is 0. The molecule has 4 rings (SSSR count). The highest BCUT2D eigenvalue weighted by Gasteiger charge is 2.34. The van der Waals surface area contributed by atoms with Crippen molar-refractivity contribution in [2.24, 2.45) is 5.73 Å². The van der Waals surface area contributed by atoms with Gasteiger partial charge in [-0.2, -0.15) is 5.10 Å². The van der Waals surface area contributed by atoms with Crippen molar-refractivity contribution in [2.45, 2.75) is 18.6 Å². The van der Waals surface area contributed by atoms with Crippen LogP contribution >= 0.6 is 0 Å². The minimum Gasteiger partial charge on any atom is -0.351 e. The Bertz CT molecular complexity index is 1010. The predicted octanol–water partition coefficient (Wildman–Crippen LogP) is 1.85. The van der Waals surface area contributed by atoms with Crippen LogP contribution in [0.2, 0.25) is 0 Å². The van der Waals surface area contributed by atoms with E-state index in [9.17, 15) is 13.6 Å². The zero-order valence-corrected chi connectivity index (χ0v) is 15.1. The fraction of sp³-hybridized carbons (Fsp3) is 0.316. The number of aromatic nitrogens is 3. The van der Waals surface area contributed by atoms with E-state index in [4.69, 9.17) is 5.73 Å². The van der Waals surface area contributed by atoms with Crippen LogP contribution in [-0.2, 0) is 0 Å². The number of hydrogen-bond acceptors (Lipinski definition) is 5. The first-order chi connectivity index (χ1) is 13.6. The van der Waals surface area contributed by atoms with Gasteiger partial charge in [0.1, 0.15) is 23.4 Å². The molecular formula is C19H20F2N6O. The van der Waals surface area contributed by atoms with Gasteiger partial charge in [0.25, 0.3) is 5.91 Å². The number of carbonyl (C=O) groups is 1. The smallest absolute Gasteiger partial charge is 0.256 e. The van der Waals surface area contributed by atoms with E-state index in [0.717, 1.165) is 0 Å². The van der Waals surface area contributed by atoms with E-state index in [1.54, 1.807) is 29.3 Å². The summed E-state index contributed by atoms with van der Waals surface area (Å²) in [5.74, 6) is -0.176. The molecule has 1 amide bonds. The predicted molar refractivity (Wildman–Crippen MR) is 100 cm³/mol. The number of nitrogens with zero attached hydrogens (tertiary/aromatic N) is 4. The van der Waals surface area contributed by atoms with Gasteiger partial charge in [0, 0.05) is 25.7 Å². The molecule has 1 aliphatic heterocycles. The molecule has 9 heteroatoms. The van der Waals surface area contributed by atoms with E-state index in [0.29, 0.717) is 35.7 Å². The Kier molecular flexibility index (Phi) is 4.91. The number of hydrogen-bond donors (Lipinski definition) is 2. The van der Waals surface area contributed by atoms with Crippen molar-refractivity contribution in [3.63, 3.8) is 0 Å². The van der Waals surface area contributed by atoms with Crippen LogP contribution in [0.3, 0.4) is 0 Å². The van der Waals surface area contributed by atoms with Crippen molar-refractivity contribution in [2.75, 3.05) is 24.5 Å². The van der Waals surface area contributed by atoms with Crippen molar-refractivity contribution in [1.29, 1.82) is 0 Å². The topological polar surface area (TPSA) is 88.5 Å². The zero-order valence-electron chi connectivity index (χ0n) is 15.1. The maximum Gasteiger partial charge on any atom is 0.256 e. The number of alkyl halides is 1. The highest BCUT2D eigenvalue weighted by Crippen LogP contribution is 2.37. The van der Waals surface area contributed by atoms with Gasteiger partial charge >= 0.3 is 0 Å². The maximum atomic E-state index is 14.2. The van der Waals surface area contributed by atoms with Crippen LogP contribution < -0.4 is 16.0 Å². The van der Waals surface area contributed by atoms with E-state index in [1.165, 1.54) is 22.8 Å². The monoisotopic (exact) mass is 386 g/mol. The van der Waals surface area contributed by atoms with E-state index in [-0.39, 0.29) is 30.7 Å². The van der Waals surface area contributed by atoms with Crippen LogP contribution in [0.5, 0.6) is 0 Å². The Balaban J connectivity index is 1.70. The lowest BCUT2D eigenvalue weighted by Crippen LogP contribution is -2.29. The average Bonchev–Trinajstić information content (AvgIpc) is 3.29. The molecule has 0 unspecified atom stereocenters. The average molecular weight is 386 g/mol. The number of halogens is 2. The van der Waals surface area contributed by atoms with E-state index >= 15 is 0 Å². The van der Waals surface area contributed by atoms with Gasteiger partial charge in [-0.1, -0.05) is 12.1 Å². The summed E-state index contributed by atoms with van der Waals surface area (Å²) in [5.41, 5.74) is 6.80. The Hall–Kier alpha value is -3.07. The third-order valence-corrected chi connectivity index (χ3v) is 4.81. The van der Waals surface area contributed by atoms with Gasteiger partial charge in [-0.25, -0.2) is 18.3 Å². The van der Waals surface area contributed by atoms with Crippen molar-refractivity contribution in [3.8, 4) is 0 Å². The third kappa shape index (κ3) is 3.40. The third-order valence-electron chi connectivity index (χ3n) is 4.81. The molecule has 1 fully saturated rings. The minimum absolute atomic E-state index is 0.146. The lowest BCUT2D eigenvalue weighted by Gasteiger charge is -2.25. The minimum atomic E-state index is -1.05. The summed E-state index contributed by atoms with van der Waals surface area (Å²) in [6.45, 7) is 0.810. The number of nitrogens with two attached hydrogens (primary N) is 1. The number of anilines is 1. The summed E-state index contributed by atoms with van der Waals surface area (Å²) in [5, 5.41) is 6.83. The molecule has 3 aromatic rings. The first kappa shape index (κ1) is 18.3. The number of rotatable bonds is 5. The SMILES string of the molecule is NCCNC(=O)c1cnn2ccc(N3C[C@@H](F)C[C@@H]3c3cccc(F)c3)nc12. The molecule has 1 aliphatic rings. The Labute approximate surface area is 160 Å². The normalized spacial score (nSPS) is 19.3. The van der Waals surface area contributed by atoms with Crippen molar-refractivity contribution >= 4 is 17.4 Å². The second kappa shape index (κ2) is 7.51. The van der Waals surface area contributed by atoms with Crippen LogP contribution in [0.4, 0.5) is 14.6 Å². The quantitative estimate of drug-likeness (QED) is 0.699. The van der Waals surface area contributed by atoms with E-state index < -0.39 is 6.17 Å². The van der Waals surface area contributed by atoms with E-state index in [2.05, 4.69) is 15.4 Å². The van der Waals surface area contributed by atoms with Crippen molar-refractivity contribution in [3.05, 3.63) is 59.7 Å². The molecule has 0 bridgehead atoms. The van der Waals surface area contributed by atoms with Gasteiger partial charge < -0.3 is 16.0 Å². The molecule has 0 saturated carbocycles. The first-order valence-corrected chi connectivity index (χ1v) is 9.05. The summed E-state index contributed by atoms with van der Waals surface area (Å²) in [6, 6.07) is 7.55. The van der Waals surface area contributed by atoms with Gasteiger partial charge in [-0.15, -0.1) is 0 Å². The molecule has 28 heavy (non-hydrogen) atoms. The van der Waals surface area contributed by atoms with Gasteiger partial charge in [0.2, 0.25) is 0 Å². The molecular weight excluding hydrogens is 366 g/mol.